The molecular formula is C23H28N6O3. The van der Waals surface area contributed by atoms with Gasteiger partial charge in [-0.15, -0.1) is 0 Å². The topological polar surface area (TPSA) is 99.7 Å². The summed E-state index contributed by atoms with van der Waals surface area (Å²) in [7, 11) is 1.57. The van der Waals surface area contributed by atoms with Gasteiger partial charge in [0.05, 0.1) is 18.9 Å². The average molecular weight is 437 g/mol. The number of urea groups is 1. The van der Waals surface area contributed by atoms with Gasteiger partial charge in [-0.1, -0.05) is 0 Å². The maximum Gasteiger partial charge on any atom is 0.318 e. The van der Waals surface area contributed by atoms with Crippen LogP contribution in [-0.2, 0) is 9.53 Å². The van der Waals surface area contributed by atoms with Crippen LogP contribution >= 0.6 is 0 Å². The molecule has 2 aliphatic heterocycles. The van der Waals surface area contributed by atoms with Crippen molar-refractivity contribution in [1.29, 1.82) is 0 Å². The van der Waals surface area contributed by atoms with Crippen LogP contribution in [0.15, 0.2) is 30.5 Å². The maximum atomic E-state index is 13.5. The summed E-state index contributed by atoms with van der Waals surface area (Å²) in [6.07, 6.45) is 4.09. The monoisotopic (exact) mass is 436 g/mol. The molecule has 3 heterocycles. The van der Waals surface area contributed by atoms with Gasteiger partial charge in [-0.2, -0.15) is 0 Å². The maximum absolute atomic E-state index is 13.5. The Morgan fingerprint density at radius 1 is 1.28 bits per heavy atom. The second-order valence-corrected chi connectivity index (χ2v) is 9.05. The van der Waals surface area contributed by atoms with E-state index >= 15 is 0 Å². The third kappa shape index (κ3) is 3.56. The Bertz CT molecular complexity index is 1050. The van der Waals surface area contributed by atoms with Crippen molar-refractivity contribution in [2.45, 2.75) is 38.3 Å². The minimum Gasteiger partial charge on any atom is -0.374 e. The highest BCUT2D eigenvalue weighted by Gasteiger charge is 2.52. The smallest absolute Gasteiger partial charge is 0.318 e. The number of anilines is 3. The first kappa shape index (κ1) is 20.7. The zero-order chi connectivity index (χ0) is 22.5. The highest BCUT2D eigenvalue weighted by Crippen LogP contribution is 2.44. The van der Waals surface area contributed by atoms with Gasteiger partial charge in [-0.25, -0.2) is 14.8 Å². The Kier molecular flexibility index (Phi) is 5.00. The van der Waals surface area contributed by atoms with Crippen molar-refractivity contribution in [2.24, 2.45) is 5.92 Å². The number of hydrogen-bond donors (Lipinski definition) is 2. The van der Waals surface area contributed by atoms with E-state index in [-0.39, 0.29) is 18.0 Å². The number of aromatic nitrogens is 2. The molecule has 9 heteroatoms. The Hall–Kier alpha value is -3.20. The average Bonchev–Trinajstić information content (AvgIpc) is 3.62. The predicted octanol–water partition coefficient (Wildman–Crippen LogP) is 2.64. The zero-order valence-electron chi connectivity index (χ0n) is 18.6. The predicted molar refractivity (Wildman–Crippen MR) is 122 cm³/mol. The molecule has 168 valence electrons. The molecule has 5 rings (SSSR count). The van der Waals surface area contributed by atoms with Crippen molar-refractivity contribution in [3.63, 3.8) is 0 Å². The summed E-state index contributed by atoms with van der Waals surface area (Å²) in [6, 6.07) is 7.12. The van der Waals surface area contributed by atoms with Crippen molar-refractivity contribution in [3.05, 3.63) is 30.5 Å². The number of fused-ring (bicyclic) bond motifs is 3. The summed E-state index contributed by atoms with van der Waals surface area (Å²) in [4.78, 5) is 38.5. The summed E-state index contributed by atoms with van der Waals surface area (Å²) in [5.74, 6) is 1.97. The number of amides is 3. The Balaban J connectivity index is 1.52. The highest BCUT2D eigenvalue weighted by atomic mass is 16.5. The van der Waals surface area contributed by atoms with Gasteiger partial charge in [0.1, 0.15) is 11.2 Å². The van der Waals surface area contributed by atoms with Crippen molar-refractivity contribution >= 4 is 29.1 Å². The number of ether oxygens (including phenoxy) is 1. The molecular weight excluding hydrogens is 408 g/mol. The molecule has 1 aromatic carbocycles. The SMILES string of the molecule is CNC(=O)Nc1ccc(-c2ncc3c(n2)N2C[C@@H](C)OC[C@]2(C)C(=O)N3CC2CC2)cc1. The number of carbonyl (C=O) groups is 2. The summed E-state index contributed by atoms with van der Waals surface area (Å²) in [5.41, 5.74) is 1.52. The van der Waals surface area contributed by atoms with E-state index in [0.717, 1.165) is 29.9 Å². The van der Waals surface area contributed by atoms with Gasteiger partial charge >= 0.3 is 6.03 Å². The van der Waals surface area contributed by atoms with Crippen LogP contribution < -0.4 is 20.4 Å². The third-order valence-electron chi connectivity index (χ3n) is 6.45. The van der Waals surface area contributed by atoms with Crippen LogP contribution in [0.4, 0.5) is 22.0 Å². The molecule has 2 fully saturated rings. The van der Waals surface area contributed by atoms with E-state index in [1.165, 1.54) is 0 Å². The van der Waals surface area contributed by atoms with Crippen LogP contribution in [0.2, 0.25) is 0 Å². The molecule has 1 saturated carbocycles. The number of rotatable bonds is 4. The summed E-state index contributed by atoms with van der Waals surface area (Å²) < 4.78 is 5.90. The second kappa shape index (κ2) is 7.74. The highest BCUT2D eigenvalue weighted by molar-refractivity contribution is 6.08. The van der Waals surface area contributed by atoms with Crippen molar-refractivity contribution < 1.29 is 14.3 Å². The third-order valence-corrected chi connectivity index (χ3v) is 6.45. The van der Waals surface area contributed by atoms with Crippen LogP contribution in [-0.4, -0.2) is 60.3 Å². The molecule has 1 saturated heterocycles. The molecule has 3 amide bonds. The van der Waals surface area contributed by atoms with Crippen LogP contribution in [0, 0.1) is 5.92 Å². The van der Waals surface area contributed by atoms with E-state index in [9.17, 15) is 9.59 Å². The minimum atomic E-state index is -0.776. The first-order valence-corrected chi connectivity index (χ1v) is 11.1. The van der Waals surface area contributed by atoms with Crippen LogP contribution in [0.25, 0.3) is 11.4 Å². The lowest BCUT2D eigenvalue weighted by Gasteiger charge is -2.52. The molecule has 3 aliphatic rings. The summed E-state index contributed by atoms with van der Waals surface area (Å²) in [5, 5.41) is 5.28. The van der Waals surface area contributed by atoms with E-state index in [4.69, 9.17) is 9.72 Å². The van der Waals surface area contributed by atoms with E-state index < -0.39 is 5.54 Å². The lowest BCUT2D eigenvalue weighted by atomic mass is 9.92. The molecule has 1 aromatic heterocycles. The van der Waals surface area contributed by atoms with Gasteiger partial charge in [0.25, 0.3) is 5.91 Å². The number of benzene rings is 1. The zero-order valence-corrected chi connectivity index (χ0v) is 18.6. The van der Waals surface area contributed by atoms with Gasteiger partial charge < -0.3 is 25.2 Å². The van der Waals surface area contributed by atoms with E-state index in [0.29, 0.717) is 37.1 Å². The van der Waals surface area contributed by atoms with Gasteiger partial charge in [0.15, 0.2) is 11.6 Å². The van der Waals surface area contributed by atoms with Gasteiger partial charge in [0.2, 0.25) is 0 Å². The molecule has 0 unspecified atom stereocenters. The van der Waals surface area contributed by atoms with E-state index in [1.807, 2.05) is 43.0 Å². The molecule has 1 aliphatic carbocycles. The molecule has 0 bridgehead atoms. The number of carbonyl (C=O) groups excluding carboxylic acids is 2. The Morgan fingerprint density at radius 2 is 2.03 bits per heavy atom. The van der Waals surface area contributed by atoms with Crippen LogP contribution in [0.3, 0.4) is 0 Å². The molecule has 32 heavy (non-hydrogen) atoms. The van der Waals surface area contributed by atoms with Crippen LogP contribution in [0.1, 0.15) is 26.7 Å². The summed E-state index contributed by atoms with van der Waals surface area (Å²) >= 11 is 0. The first-order chi connectivity index (χ1) is 15.4. The van der Waals surface area contributed by atoms with Gasteiger partial charge in [-0.3, -0.25) is 4.79 Å². The van der Waals surface area contributed by atoms with E-state index in [2.05, 4.69) is 20.5 Å². The normalized spacial score (nSPS) is 24.6. The number of nitrogens with one attached hydrogen (secondary N) is 2. The number of morpholine rings is 1. The number of nitrogens with zero attached hydrogens (tertiary/aromatic N) is 4. The van der Waals surface area contributed by atoms with Crippen LogP contribution in [0.5, 0.6) is 0 Å². The van der Waals surface area contributed by atoms with Crippen molar-refractivity contribution in [3.8, 4) is 11.4 Å². The van der Waals surface area contributed by atoms with Gasteiger partial charge in [-0.05, 0) is 56.9 Å². The minimum absolute atomic E-state index is 0.00666. The van der Waals surface area contributed by atoms with E-state index in [1.54, 1.807) is 13.2 Å². The fraction of sp³-hybridized carbons (Fsp3) is 0.478. The molecule has 2 aromatic rings. The second-order valence-electron chi connectivity index (χ2n) is 9.05. The quantitative estimate of drug-likeness (QED) is 0.764. The van der Waals surface area contributed by atoms with Gasteiger partial charge in [0, 0.05) is 31.4 Å². The Labute approximate surface area is 187 Å². The lowest BCUT2D eigenvalue weighted by molar-refractivity contribution is -0.129. The Morgan fingerprint density at radius 3 is 2.72 bits per heavy atom. The molecule has 2 atom stereocenters. The molecule has 2 N–H and O–H groups in total. The molecule has 9 nitrogen and oxygen atoms in total. The molecule has 0 radical (unpaired) electrons. The van der Waals surface area contributed by atoms with Crippen molar-refractivity contribution in [2.75, 3.05) is 41.9 Å². The standard InChI is InChI=1S/C23H28N6O3/c1-14-11-29-20-18(28(12-15-4-5-15)21(30)23(29,2)13-32-14)10-25-19(27-20)16-6-8-17(9-7-16)26-22(31)24-3/h6-10,14-15H,4-5,11-13H2,1-3H3,(H2,24,26,31)/t14-,23-/m1/s1. The fourth-order valence-electron chi connectivity index (χ4n) is 4.32. The largest absolute Gasteiger partial charge is 0.374 e. The summed E-state index contributed by atoms with van der Waals surface area (Å²) in [6.45, 7) is 5.60. The fourth-order valence-corrected chi connectivity index (χ4v) is 4.32. The molecule has 0 spiro atoms. The lowest BCUT2D eigenvalue weighted by Crippen LogP contribution is -2.68. The van der Waals surface area contributed by atoms with Crippen molar-refractivity contribution in [1.82, 2.24) is 15.3 Å². The first-order valence-electron chi connectivity index (χ1n) is 11.1. The number of hydrogen-bond acceptors (Lipinski definition) is 6.